The average molecular weight is 470 g/mol. The van der Waals surface area contributed by atoms with Crippen LogP contribution in [0.15, 0.2) is 65.9 Å². The fraction of sp³-hybridized carbons (Fsp3) is 0.433. The number of piperazine rings is 1. The maximum absolute atomic E-state index is 9.15. The molecule has 35 heavy (non-hydrogen) atoms. The third-order valence-electron chi connectivity index (χ3n) is 6.86. The fourth-order valence-electron chi connectivity index (χ4n) is 4.91. The molecule has 0 aromatic carbocycles. The van der Waals surface area contributed by atoms with Crippen molar-refractivity contribution in [2.75, 3.05) is 19.6 Å². The van der Waals surface area contributed by atoms with E-state index in [0.717, 1.165) is 42.8 Å². The molecule has 2 N–H and O–H groups in total. The molecule has 2 heterocycles. The Morgan fingerprint density at radius 2 is 2.03 bits per heavy atom. The van der Waals surface area contributed by atoms with E-state index in [0.29, 0.717) is 24.2 Å². The van der Waals surface area contributed by atoms with Crippen molar-refractivity contribution in [1.82, 2.24) is 15.2 Å². The summed E-state index contributed by atoms with van der Waals surface area (Å²) in [6, 6.07) is 4.22. The van der Waals surface area contributed by atoms with E-state index in [1.54, 1.807) is 6.20 Å². The van der Waals surface area contributed by atoms with E-state index in [1.165, 1.54) is 22.3 Å². The van der Waals surface area contributed by atoms with E-state index in [4.69, 9.17) is 10.7 Å². The van der Waals surface area contributed by atoms with E-state index < -0.39 is 0 Å². The summed E-state index contributed by atoms with van der Waals surface area (Å²) in [6.45, 7) is 21.4. The van der Waals surface area contributed by atoms with E-state index in [-0.39, 0.29) is 11.6 Å². The Bertz CT molecular complexity index is 1160. The van der Waals surface area contributed by atoms with Gasteiger partial charge in [-0.15, -0.1) is 0 Å². The molecule has 1 aromatic rings. The molecule has 0 saturated carbocycles. The summed E-state index contributed by atoms with van der Waals surface area (Å²) < 4.78 is 0. The van der Waals surface area contributed by atoms with Crippen LogP contribution < -0.4 is 5.32 Å². The monoisotopic (exact) mass is 469 g/mol. The van der Waals surface area contributed by atoms with Crippen molar-refractivity contribution in [3.05, 3.63) is 82.8 Å². The number of hydrogen-bond acceptors (Lipinski definition) is 5. The topological polar surface area (TPSA) is 75.8 Å². The van der Waals surface area contributed by atoms with Gasteiger partial charge in [-0.3, -0.25) is 9.88 Å². The molecule has 5 nitrogen and oxygen atoms in total. The maximum atomic E-state index is 9.15. The van der Waals surface area contributed by atoms with E-state index in [9.17, 15) is 0 Å². The van der Waals surface area contributed by atoms with Crippen molar-refractivity contribution in [3.63, 3.8) is 0 Å². The van der Waals surface area contributed by atoms with Gasteiger partial charge in [0.25, 0.3) is 0 Å². The minimum absolute atomic E-state index is 0.0755. The number of pyridine rings is 1. The average Bonchev–Trinajstić information content (AvgIpc) is 2.82. The Kier molecular flexibility index (Phi) is 8.43. The molecular formula is C30H39N5. The maximum Gasteiger partial charge on any atom is 0.101 e. The molecule has 1 unspecified atom stereocenters. The standard InChI is InChI=1S/C30H39N5/c1-20-9-8-10-22(3)27(12-11-21(20)2)29-18-35(19-30(6,7)34-29)17-26(32)13-24(5)28-14-23(4)25(15-31)16-33-28/h10-12,14,16,29,32,34H,1,5,8-9,13,17-19H2,2-4,6-7H3/b21-11?,22-10+,27-12+,32-26?. The highest BCUT2D eigenvalue weighted by Crippen LogP contribution is 2.27. The van der Waals surface area contributed by atoms with Crippen molar-refractivity contribution in [1.29, 1.82) is 10.7 Å². The van der Waals surface area contributed by atoms with Crippen LogP contribution in [0.5, 0.6) is 0 Å². The lowest BCUT2D eigenvalue weighted by molar-refractivity contribution is 0.145. The molecule has 0 bridgehead atoms. The first-order valence-corrected chi connectivity index (χ1v) is 12.3. The van der Waals surface area contributed by atoms with Crippen LogP contribution in [0, 0.1) is 23.7 Å². The molecule has 5 heteroatoms. The highest BCUT2D eigenvalue weighted by atomic mass is 15.2. The van der Waals surface area contributed by atoms with Crippen LogP contribution >= 0.6 is 0 Å². The number of rotatable bonds is 6. The van der Waals surface area contributed by atoms with Gasteiger partial charge in [0.15, 0.2) is 0 Å². The summed E-state index contributed by atoms with van der Waals surface area (Å²) in [4.78, 5) is 6.76. The first-order valence-electron chi connectivity index (χ1n) is 12.3. The second-order valence-electron chi connectivity index (χ2n) is 10.6. The van der Waals surface area contributed by atoms with Gasteiger partial charge in [0.1, 0.15) is 6.07 Å². The molecule has 1 aliphatic carbocycles. The number of nitrogens with one attached hydrogen (secondary N) is 2. The molecule has 0 amide bonds. The number of allylic oxidation sites excluding steroid dienone is 6. The second-order valence-corrected chi connectivity index (χ2v) is 10.6. The number of aromatic nitrogens is 1. The van der Waals surface area contributed by atoms with Crippen molar-refractivity contribution in [2.45, 2.75) is 65.5 Å². The molecule has 1 atom stereocenters. The predicted octanol–water partition coefficient (Wildman–Crippen LogP) is 5.91. The Hall–Kier alpha value is -3.07. The molecule has 1 saturated heterocycles. The van der Waals surface area contributed by atoms with Gasteiger partial charge in [0, 0.05) is 49.5 Å². The lowest BCUT2D eigenvalue weighted by Crippen LogP contribution is -2.63. The zero-order valence-corrected chi connectivity index (χ0v) is 22.0. The number of aryl methyl sites for hydroxylation is 1. The highest BCUT2D eigenvalue weighted by Gasteiger charge is 2.34. The van der Waals surface area contributed by atoms with Crippen LogP contribution in [0.25, 0.3) is 5.57 Å². The molecular weight excluding hydrogens is 430 g/mol. The zero-order valence-electron chi connectivity index (χ0n) is 22.0. The Labute approximate surface area is 211 Å². The van der Waals surface area contributed by atoms with Gasteiger partial charge in [0.05, 0.1) is 11.3 Å². The van der Waals surface area contributed by atoms with Crippen molar-refractivity contribution < 1.29 is 0 Å². The SMILES string of the molecule is C=C1CC/C=C(C)/C(C2CN(CC(=N)CC(=C)c3cc(C)c(C#N)cn3)CC(C)(C)N2)=C\C=C1C. The van der Waals surface area contributed by atoms with Crippen LogP contribution in [-0.4, -0.2) is 46.8 Å². The molecule has 0 radical (unpaired) electrons. The van der Waals surface area contributed by atoms with Gasteiger partial charge < -0.3 is 10.7 Å². The largest absolute Gasteiger partial charge is 0.308 e. The summed E-state index contributed by atoms with van der Waals surface area (Å²) >= 11 is 0. The Morgan fingerprint density at radius 1 is 1.29 bits per heavy atom. The lowest BCUT2D eigenvalue weighted by atomic mass is 9.90. The molecule has 1 aliphatic heterocycles. The molecule has 1 fully saturated rings. The Balaban J connectivity index is 1.73. The highest BCUT2D eigenvalue weighted by molar-refractivity contribution is 5.92. The van der Waals surface area contributed by atoms with Crippen LogP contribution in [-0.2, 0) is 0 Å². The number of hydrogen-bond donors (Lipinski definition) is 2. The van der Waals surface area contributed by atoms with Crippen LogP contribution in [0.1, 0.15) is 63.8 Å². The van der Waals surface area contributed by atoms with Crippen molar-refractivity contribution in [3.8, 4) is 6.07 Å². The number of nitriles is 1. The normalized spacial score (nSPS) is 23.9. The summed E-state index contributed by atoms with van der Waals surface area (Å²) in [5.41, 5.74) is 8.63. The molecule has 0 spiro atoms. The van der Waals surface area contributed by atoms with E-state index in [2.05, 4.69) is 80.4 Å². The van der Waals surface area contributed by atoms with E-state index >= 15 is 0 Å². The third-order valence-corrected chi connectivity index (χ3v) is 6.86. The first kappa shape index (κ1) is 26.5. The van der Waals surface area contributed by atoms with Gasteiger partial charge >= 0.3 is 0 Å². The van der Waals surface area contributed by atoms with Gasteiger partial charge in [-0.1, -0.05) is 42.5 Å². The zero-order chi connectivity index (χ0) is 25.8. The van der Waals surface area contributed by atoms with Crippen LogP contribution in [0.3, 0.4) is 0 Å². The summed E-state index contributed by atoms with van der Waals surface area (Å²) in [5, 5.41) is 21.7. The first-order chi connectivity index (χ1) is 16.5. The molecule has 1 aromatic heterocycles. The van der Waals surface area contributed by atoms with Gasteiger partial charge in [-0.25, -0.2) is 0 Å². The lowest BCUT2D eigenvalue weighted by Gasteiger charge is -2.45. The van der Waals surface area contributed by atoms with E-state index in [1.807, 2.05) is 13.0 Å². The van der Waals surface area contributed by atoms with Gasteiger partial charge in [-0.05, 0) is 75.8 Å². The predicted molar refractivity (Wildman–Crippen MR) is 146 cm³/mol. The summed E-state index contributed by atoms with van der Waals surface area (Å²) in [5.74, 6) is 0. The third kappa shape index (κ3) is 6.97. The molecule has 2 aliphatic rings. The van der Waals surface area contributed by atoms with Gasteiger partial charge in [0.2, 0.25) is 0 Å². The molecule has 184 valence electrons. The van der Waals surface area contributed by atoms with Crippen molar-refractivity contribution >= 4 is 11.3 Å². The fourth-order valence-corrected chi connectivity index (χ4v) is 4.91. The minimum Gasteiger partial charge on any atom is -0.308 e. The summed E-state index contributed by atoms with van der Waals surface area (Å²) in [6.07, 6.45) is 10.8. The molecule has 3 rings (SSSR count). The number of nitrogens with zero attached hydrogens (tertiary/aromatic N) is 3. The van der Waals surface area contributed by atoms with Crippen molar-refractivity contribution in [2.24, 2.45) is 0 Å². The van der Waals surface area contributed by atoms with Crippen LogP contribution in [0.4, 0.5) is 0 Å². The Morgan fingerprint density at radius 3 is 2.71 bits per heavy atom. The smallest absolute Gasteiger partial charge is 0.101 e. The van der Waals surface area contributed by atoms with Gasteiger partial charge in [-0.2, -0.15) is 5.26 Å². The minimum atomic E-state index is -0.0755. The summed E-state index contributed by atoms with van der Waals surface area (Å²) in [7, 11) is 0. The quantitative estimate of drug-likeness (QED) is 0.508. The van der Waals surface area contributed by atoms with Crippen LogP contribution in [0.2, 0.25) is 0 Å². The second kappa shape index (κ2) is 11.1.